The van der Waals surface area contributed by atoms with Crippen LogP contribution in [-0.4, -0.2) is 23.1 Å². The van der Waals surface area contributed by atoms with Crippen LogP contribution in [-0.2, 0) is 0 Å². The van der Waals surface area contributed by atoms with Gasteiger partial charge in [0.05, 0.1) is 29.2 Å². The van der Waals surface area contributed by atoms with Crippen molar-refractivity contribution in [2.24, 2.45) is 0 Å². The summed E-state index contributed by atoms with van der Waals surface area (Å²) in [7, 11) is 0. The first kappa shape index (κ1) is 15.6. The van der Waals surface area contributed by atoms with Crippen LogP contribution in [0.2, 0.25) is 0 Å². The Balaban J connectivity index is 2.34. The zero-order valence-electron chi connectivity index (χ0n) is 12.5. The van der Waals surface area contributed by atoms with Crippen LogP contribution < -0.4 is 10.1 Å². The number of benzene rings is 1. The highest BCUT2D eigenvalue weighted by molar-refractivity contribution is 6.06. The standard InChI is InChI=1S/C16H17NO5/c1-9(2)22-14-5-4-11(16(19)20)8-13(14)17-15(18)12-6-7-21-10(12)3/h4-9H,1-3H3,(H,17,18)(H,19,20). The van der Waals surface area contributed by atoms with Gasteiger partial charge in [0, 0.05) is 0 Å². The number of carboxylic acid groups (broad SMARTS) is 1. The Hall–Kier alpha value is -2.76. The number of furan rings is 1. The van der Waals surface area contributed by atoms with Gasteiger partial charge in [-0.2, -0.15) is 0 Å². The molecule has 1 aromatic carbocycles. The van der Waals surface area contributed by atoms with Gasteiger partial charge in [-0.05, 0) is 45.0 Å². The zero-order valence-corrected chi connectivity index (χ0v) is 12.5. The minimum atomic E-state index is -1.08. The molecule has 6 heteroatoms. The third-order valence-corrected chi connectivity index (χ3v) is 2.94. The molecule has 1 amide bonds. The van der Waals surface area contributed by atoms with Gasteiger partial charge in [-0.15, -0.1) is 0 Å². The number of nitrogens with one attached hydrogen (secondary N) is 1. The van der Waals surface area contributed by atoms with E-state index in [0.717, 1.165) is 0 Å². The molecule has 0 spiro atoms. The first-order chi connectivity index (χ1) is 10.4. The van der Waals surface area contributed by atoms with Crippen molar-refractivity contribution in [1.29, 1.82) is 0 Å². The van der Waals surface area contributed by atoms with E-state index in [1.165, 1.54) is 24.5 Å². The molecular weight excluding hydrogens is 286 g/mol. The Kier molecular flexibility index (Phi) is 4.50. The Bertz CT molecular complexity index is 702. The number of carboxylic acids is 1. The van der Waals surface area contributed by atoms with Crippen LogP contribution in [0, 0.1) is 6.92 Å². The van der Waals surface area contributed by atoms with Crippen LogP contribution in [0.4, 0.5) is 5.69 Å². The lowest BCUT2D eigenvalue weighted by Crippen LogP contribution is -2.15. The van der Waals surface area contributed by atoms with E-state index >= 15 is 0 Å². The zero-order chi connectivity index (χ0) is 16.3. The minimum absolute atomic E-state index is 0.0651. The molecule has 0 unspecified atom stereocenters. The van der Waals surface area contributed by atoms with E-state index in [2.05, 4.69) is 5.32 Å². The van der Waals surface area contributed by atoms with E-state index in [1.54, 1.807) is 13.0 Å². The number of ether oxygens (including phenoxy) is 1. The van der Waals surface area contributed by atoms with Gasteiger partial charge in [-0.25, -0.2) is 4.79 Å². The minimum Gasteiger partial charge on any atom is -0.489 e. The van der Waals surface area contributed by atoms with Crippen LogP contribution in [0.5, 0.6) is 5.75 Å². The third kappa shape index (κ3) is 3.46. The summed E-state index contributed by atoms with van der Waals surface area (Å²) in [6.45, 7) is 5.36. The molecule has 0 aliphatic rings. The fourth-order valence-corrected chi connectivity index (χ4v) is 1.93. The van der Waals surface area contributed by atoms with Gasteiger partial charge in [-0.3, -0.25) is 4.79 Å². The van der Waals surface area contributed by atoms with E-state index in [1.807, 2.05) is 13.8 Å². The van der Waals surface area contributed by atoms with E-state index in [-0.39, 0.29) is 17.6 Å². The molecule has 2 rings (SSSR count). The second-order valence-corrected chi connectivity index (χ2v) is 5.03. The molecular formula is C16H17NO5. The number of anilines is 1. The molecule has 2 aromatic rings. The molecule has 0 fully saturated rings. The van der Waals surface area contributed by atoms with Gasteiger partial charge in [-0.1, -0.05) is 0 Å². The normalized spacial score (nSPS) is 10.5. The Morgan fingerprint density at radius 1 is 1.27 bits per heavy atom. The Morgan fingerprint density at radius 3 is 2.55 bits per heavy atom. The second-order valence-electron chi connectivity index (χ2n) is 5.03. The van der Waals surface area contributed by atoms with Gasteiger partial charge < -0.3 is 19.6 Å². The maximum atomic E-state index is 12.2. The van der Waals surface area contributed by atoms with Crippen molar-refractivity contribution in [2.45, 2.75) is 26.9 Å². The number of amides is 1. The molecule has 2 N–H and O–H groups in total. The molecule has 0 bridgehead atoms. The summed E-state index contributed by atoms with van der Waals surface area (Å²) >= 11 is 0. The van der Waals surface area contributed by atoms with Crippen molar-refractivity contribution in [3.8, 4) is 5.75 Å². The SMILES string of the molecule is Cc1occc1C(=O)Nc1cc(C(=O)O)ccc1OC(C)C. The number of carbonyl (C=O) groups excluding carboxylic acids is 1. The van der Waals surface area contributed by atoms with Crippen LogP contribution in [0.25, 0.3) is 0 Å². The summed E-state index contributed by atoms with van der Waals surface area (Å²) in [6.07, 6.45) is 1.31. The molecule has 0 aliphatic carbocycles. The van der Waals surface area contributed by atoms with Gasteiger partial charge in [0.15, 0.2) is 0 Å². The van der Waals surface area contributed by atoms with Crippen LogP contribution in [0.1, 0.15) is 40.3 Å². The fourth-order valence-electron chi connectivity index (χ4n) is 1.93. The second kappa shape index (κ2) is 6.34. The lowest BCUT2D eigenvalue weighted by atomic mass is 10.1. The van der Waals surface area contributed by atoms with E-state index < -0.39 is 5.97 Å². The molecule has 0 aliphatic heterocycles. The highest BCUT2D eigenvalue weighted by Gasteiger charge is 2.16. The molecule has 0 atom stereocenters. The summed E-state index contributed by atoms with van der Waals surface area (Å²) in [6, 6.07) is 5.88. The summed E-state index contributed by atoms with van der Waals surface area (Å²) < 4.78 is 10.7. The highest BCUT2D eigenvalue weighted by atomic mass is 16.5. The number of hydrogen-bond donors (Lipinski definition) is 2. The molecule has 6 nitrogen and oxygen atoms in total. The number of rotatable bonds is 5. The van der Waals surface area contributed by atoms with Crippen molar-refractivity contribution in [3.63, 3.8) is 0 Å². The van der Waals surface area contributed by atoms with Crippen LogP contribution >= 0.6 is 0 Å². The maximum Gasteiger partial charge on any atom is 0.335 e. The predicted octanol–water partition coefficient (Wildman–Crippen LogP) is 3.33. The Morgan fingerprint density at radius 2 is 2.00 bits per heavy atom. The molecule has 0 saturated heterocycles. The topological polar surface area (TPSA) is 88.8 Å². The number of hydrogen-bond acceptors (Lipinski definition) is 4. The summed E-state index contributed by atoms with van der Waals surface area (Å²) in [5.74, 6) is -0.568. The molecule has 0 saturated carbocycles. The number of carbonyl (C=O) groups is 2. The maximum absolute atomic E-state index is 12.2. The highest BCUT2D eigenvalue weighted by Crippen LogP contribution is 2.28. The summed E-state index contributed by atoms with van der Waals surface area (Å²) in [4.78, 5) is 23.3. The van der Waals surface area contributed by atoms with E-state index in [0.29, 0.717) is 22.8 Å². The number of aryl methyl sites for hydroxylation is 1. The fraction of sp³-hybridized carbons (Fsp3) is 0.250. The predicted molar refractivity (Wildman–Crippen MR) is 80.6 cm³/mol. The average Bonchev–Trinajstić information content (AvgIpc) is 2.86. The van der Waals surface area contributed by atoms with Crippen molar-refractivity contribution >= 4 is 17.6 Å². The van der Waals surface area contributed by atoms with Gasteiger partial charge in [0.2, 0.25) is 0 Å². The first-order valence-corrected chi connectivity index (χ1v) is 6.78. The van der Waals surface area contributed by atoms with E-state index in [9.17, 15) is 9.59 Å². The van der Waals surface area contributed by atoms with Gasteiger partial charge >= 0.3 is 5.97 Å². The quantitative estimate of drug-likeness (QED) is 0.884. The molecule has 22 heavy (non-hydrogen) atoms. The number of aromatic carboxylic acids is 1. The first-order valence-electron chi connectivity index (χ1n) is 6.78. The van der Waals surface area contributed by atoms with Gasteiger partial charge in [0.25, 0.3) is 5.91 Å². The average molecular weight is 303 g/mol. The molecule has 116 valence electrons. The molecule has 1 heterocycles. The summed E-state index contributed by atoms with van der Waals surface area (Å²) in [5, 5.41) is 11.7. The van der Waals surface area contributed by atoms with Crippen LogP contribution in [0.15, 0.2) is 34.9 Å². The van der Waals surface area contributed by atoms with Crippen molar-refractivity contribution in [2.75, 3.05) is 5.32 Å². The molecule has 1 aromatic heterocycles. The van der Waals surface area contributed by atoms with Crippen molar-refractivity contribution < 1.29 is 23.8 Å². The van der Waals surface area contributed by atoms with E-state index in [4.69, 9.17) is 14.3 Å². The lowest BCUT2D eigenvalue weighted by Gasteiger charge is -2.15. The Labute approximate surface area is 127 Å². The third-order valence-electron chi connectivity index (χ3n) is 2.94. The lowest BCUT2D eigenvalue weighted by molar-refractivity contribution is 0.0696. The van der Waals surface area contributed by atoms with Crippen LogP contribution in [0.3, 0.4) is 0 Å². The molecule has 0 radical (unpaired) electrons. The largest absolute Gasteiger partial charge is 0.489 e. The monoisotopic (exact) mass is 303 g/mol. The smallest absolute Gasteiger partial charge is 0.335 e. The van der Waals surface area contributed by atoms with Gasteiger partial charge in [0.1, 0.15) is 11.5 Å². The van der Waals surface area contributed by atoms with Crippen molar-refractivity contribution in [3.05, 3.63) is 47.4 Å². The van der Waals surface area contributed by atoms with Crippen molar-refractivity contribution in [1.82, 2.24) is 0 Å². The summed E-state index contributed by atoms with van der Waals surface area (Å²) in [5.41, 5.74) is 0.755.